The van der Waals surface area contributed by atoms with E-state index in [2.05, 4.69) is 4.98 Å². The van der Waals surface area contributed by atoms with Gasteiger partial charge in [0.25, 0.3) is 0 Å². The van der Waals surface area contributed by atoms with Crippen molar-refractivity contribution in [3.63, 3.8) is 0 Å². The van der Waals surface area contributed by atoms with Crippen LogP contribution in [-0.2, 0) is 11.2 Å². The van der Waals surface area contributed by atoms with E-state index >= 15 is 0 Å². The summed E-state index contributed by atoms with van der Waals surface area (Å²) in [6.07, 6.45) is 4.06. The van der Waals surface area contributed by atoms with Crippen molar-refractivity contribution < 1.29 is 9.18 Å². The number of benzene rings is 1. The van der Waals surface area contributed by atoms with E-state index < -0.39 is 0 Å². The largest absolute Gasteiger partial charge is 0.303 e. The number of carbonyl (C=O) groups is 1. The van der Waals surface area contributed by atoms with Crippen molar-refractivity contribution in [3.8, 4) is 5.69 Å². The molecule has 1 aromatic heterocycles. The molecule has 4 heteroatoms. The van der Waals surface area contributed by atoms with Gasteiger partial charge in [-0.1, -0.05) is 12.1 Å². The van der Waals surface area contributed by atoms with Gasteiger partial charge < -0.3 is 4.79 Å². The van der Waals surface area contributed by atoms with E-state index in [1.54, 1.807) is 29.0 Å². The summed E-state index contributed by atoms with van der Waals surface area (Å²) in [6, 6.07) is 6.38. The number of hydrogen-bond acceptors (Lipinski definition) is 2. The van der Waals surface area contributed by atoms with Gasteiger partial charge in [0.05, 0.1) is 12.0 Å². The van der Waals surface area contributed by atoms with Gasteiger partial charge in [-0.05, 0) is 12.1 Å². The quantitative estimate of drug-likeness (QED) is 0.714. The van der Waals surface area contributed by atoms with Crippen molar-refractivity contribution in [2.24, 2.45) is 0 Å². The van der Waals surface area contributed by atoms with Crippen LogP contribution in [0.5, 0.6) is 0 Å². The third kappa shape index (κ3) is 1.79. The van der Waals surface area contributed by atoms with Crippen LogP contribution in [0.3, 0.4) is 0 Å². The average Bonchev–Trinajstić information content (AvgIpc) is 2.67. The maximum Gasteiger partial charge on any atom is 0.147 e. The molecule has 0 aliphatic rings. The normalized spacial score (nSPS) is 10.2. The number of halogens is 1. The monoisotopic (exact) mass is 204 g/mol. The topological polar surface area (TPSA) is 34.9 Å². The van der Waals surface area contributed by atoms with Gasteiger partial charge in [-0.2, -0.15) is 0 Å². The van der Waals surface area contributed by atoms with Gasteiger partial charge in [0.15, 0.2) is 0 Å². The molecule has 0 saturated heterocycles. The fourth-order valence-corrected chi connectivity index (χ4v) is 1.42. The van der Waals surface area contributed by atoms with E-state index in [0.717, 1.165) is 6.29 Å². The highest BCUT2D eigenvalue weighted by Crippen LogP contribution is 2.14. The molecule has 0 radical (unpaired) electrons. The molecule has 15 heavy (non-hydrogen) atoms. The Balaban J connectivity index is 2.49. The van der Waals surface area contributed by atoms with E-state index in [-0.39, 0.29) is 12.2 Å². The lowest BCUT2D eigenvalue weighted by molar-refractivity contribution is -0.107. The zero-order valence-electron chi connectivity index (χ0n) is 7.93. The summed E-state index contributed by atoms with van der Waals surface area (Å²) in [6.45, 7) is 0. The lowest BCUT2D eigenvalue weighted by Gasteiger charge is -2.06. The molecule has 0 aliphatic heterocycles. The second-order valence-corrected chi connectivity index (χ2v) is 3.08. The molecule has 2 aromatic rings. The van der Waals surface area contributed by atoms with Gasteiger partial charge in [0, 0.05) is 18.3 Å². The van der Waals surface area contributed by atoms with E-state index in [1.165, 1.54) is 12.4 Å². The predicted octanol–water partition coefficient (Wildman–Crippen LogP) is 1.75. The van der Waals surface area contributed by atoms with Crippen LogP contribution in [0, 0.1) is 5.82 Å². The standard InChI is InChI=1S/C11H9FN2O/c12-10-3-1-2-4-11(10)14-8-13-7-9(14)5-6-15/h1-4,6-8H,5H2. The van der Waals surface area contributed by atoms with Crippen molar-refractivity contribution in [1.29, 1.82) is 0 Å². The van der Waals surface area contributed by atoms with Gasteiger partial charge in [-0.25, -0.2) is 9.37 Å². The summed E-state index contributed by atoms with van der Waals surface area (Å²) in [4.78, 5) is 14.3. The van der Waals surface area contributed by atoms with Crippen LogP contribution in [0.25, 0.3) is 5.69 Å². The third-order valence-corrected chi connectivity index (χ3v) is 2.12. The second-order valence-electron chi connectivity index (χ2n) is 3.08. The third-order valence-electron chi connectivity index (χ3n) is 2.12. The maximum atomic E-state index is 13.4. The predicted molar refractivity (Wildman–Crippen MR) is 53.3 cm³/mol. The van der Waals surface area contributed by atoms with E-state index in [1.807, 2.05) is 0 Å². The number of carbonyl (C=O) groups excluding carboxylic acids is 1. The number of aromatic nitrogens is 2. The molecule has 0 unspecified atom stereocenters. The Kier molecular flexibility index (Phi) is 2.58. The van der Waals surface area contributed by atoms with Crippen LogP contribution in [0.1, 0.15) is 5.69 Å². The minimum Gasteiger partial charge on any atom is -0.303 e. The van der Waals surface area contributed by atoms with Crippen LogP contribution in [0.4, 0.5) is 4.39 Å². The molecule has 1 aromatic carbocycles. The highest BCUT2D eigenvalue weighted by molar-refractivity contribution is 5.54. The van der Waals surface area contributed by atoms with Gasteiger partial charge >= 0.3 is 0 Å². The zero-order valence-corrected chi connectivity index (χ0v) is 7.93. The van der Waals surface area contributed by atoms with Gasteiger partial charge in [-0.3, -0.25) is 4.57 Å². The maximum absolute atomic E-state index is 13.4. The SMILES string of the molecule is O=CCc1cncn1-c1ccccc1F. The minimum absolute atomic E-state index is 0.230. The molecule has 1 heterocycles. The number of aldehydes is 1. The van der Waals surface area contributed by atoms with Gasteiger partial charge in [0.2, 0.25) is 0 Å². The molecule has 0 spiro atoms. The van der Waals surface area contributed by atoms with Crippen molar-refractivity contribution in [3.05, 3.63) is 48.3 Å². The lowest BCUT2D eigenvalue weighted by Crippen LogP contribution is -2.01. The average molecular weight is 204 g/mol. The molecule has 0 atom stereocenters. The summed E-state index contributed by atoms with van der Waals surface area (Å²) >= 11 is 0. The molecule has 2 rings (SSSR count). The van der Waals surface area contributed by atoms with Crippen LogP contribution in [0.2, 0.25) is 0 Å². The number of nitrogens with zero attached hydrogens (tertiary/aromatic N) is 2. The van der Waals surface area contributed by atoms with Crippen LogP contribution in [0.15, 0.2) is 36.8 Å². The number of hydrogen-bond donors (Lipinski definition) is 0. The minimum atomic E-state index is -0.331. The van der Waals surface area contributed by atoms with E-state index in [9.17, 15) is 9.18 Å². The number of imidazole rings is 1. The molecule has 0 saturated carbocycles. The van der Waals surface area contributed by atoms with Crippen LogP contribution >= 0.6 is 0 Å². The summed E-state index contributed by atoms with van der Waals surface area (Å²) in [5.74, 6) is -0.331. The van der Waals surface area contributed by atoms with E-state index in [4.69, 9.17) is 0 Å². The Morgan fingerprint density at radius 3 is 2.93 bits per heavy atom. The smallest absolute Gasteiger partial charge is 0.147 e. The molecule has 0 bridgehead atoms. The van der Waals surface area contributed by atoms with Crippen LogP contribution in [-0.4, -0.2) is 15.8 Å². The Labute approximate surface area is 86.2 Å². The molecule has 3 nitrogen and oxygen atoms in total. The fourth-order valence-electron chi connectivity index (χ4n) is 1.42. The molecule has 76 valence electrons. The molecule has 0 fully saturated rings. The molecular formula is C11H9FN2O. The van der Waals surface area contributed by atoms with Crippen molar-refractivity contribution in [2.75, 3.05) is 0 Å². The Bertz CT molecular complexity index is 479. The van der Waals surface area contributed by atoms with Gasteiger partial charge in [0.1, 0.15) is 12.1 Å². The molecule has 0 N–H and O–H groups in total. The zero-order chi connectivity index (χ0) is 10.7. The molecule has 0 aliphatic carbocycles. The Morgan fingerprint density at radius 1 is 1.40 bits per heavy atom. The first kappa shape index (κ1) is 9.58. The van der Waals surface area contributed by atoms with Gasteiger partial charge in [-0.15, -0.1) is 0 Å². The summed E-state index contributed by atoms with van der Waals surface area (Å²) in [5.41, 5.74) is 1.09. The summed E-state index contributed by atoms with van der Waals surface area (Å²) in [7, 11) is 0. The number of para-hydroxylation sites is 1. The van der Waals surface area contributed by atoms with Crippen molar-refractivity contribution >= 4 is 6.29 Å². The highest BCUT2D eigenvalue weighted by atomic mass is 19.1. The van der Waals surface area contributed by atoms with E-state index in [0.29, 0.717) is 11.4 Å². The lowest BCUT2D eigenvalue weighted by atomic mass is 10.3. The first-order valence-electron chi connectivity index (χ1n) is 4.52. The van der Waals surface area contributed by atoms with Crippen molar-refractivity contribution in [1.82, 2.24) is 9.55 Å². The number of rotatable bonds is 3. The summed E-state index contributed by atoms with van der Waals surface area (Å²) < 4.78 is 15.0. The highest BCUT2D eigenvalue weighted by Gasteiger charge is 2.07. The molecule has 0 amide bonds. The second kappa shape index (κ2) is 4.04. The Morgan fingerprint density at radius 2 is 2.20 bits per heavy atom. The first-order chi connectivity index (χ1) is 7.33. The first-order valence-corrected chi connectivity index (χ1v) is 4.52. The van der Waals surface area contributed by atoms with Crippen LogP contribution < -0.4 is 0 Å². The van der Waals surface area contributed by atoms with Crippen molar-refractivity contribution in [2.45, 2.75) is 6.42 Å². The Hall–Kier alpha value is -1.97. The molecular weight excluding hydrogens is 195 g/mol. The fraction of sp³-hybridized carbons (Fsp3) is 0.0909. The summed E-state index contributed by atoms with van der Waals surface area (Å²) in [5, 5.41) is 0.